The number of nitrogens with one attached hydrogen (secondary N) is 1. The van der Waals surface area contributed by atoms with Crippen LogP contribution in [0.2, 0.25) is 0 Å². The molecule has 2 aromatic heterocycles. The molecule has 3 rings (SSSR count). The molecule has 0 saturated heterocycles. The number of carbonyl (C=O) groups excluding carboxylic acids is 1. The fraction of sp³-hybridized carbons (Fsp3) is 0.400. The second kappa shape index (κ2) is 6.18. The van der Waals surface area contributed by atoms with Gasteiger partial charge in [-0.2, -0.15) is 0 Å². The van der Waals surface area contributed by atoms with Crippen LogP contribution in [0.4, 0.5) is 0 Å². The molecule has 2 N–H and O–H groups in total. The molecule has 116 valence electrons. The molecule has 5 nitrogen and oxygen atoms in total. The normalized spacial score (nSPS) is 17.0. The lowest BCUT2D eigenvalue weighted by molar-refractivity contribution is 0.0691. The number of amides is 1. The summed E-state index contributed by atoms with van der Waals surface area (Å²) in [6, 6.07) is 0. The van der Waals surface area contributed by atoms with Crippen molar-refractivity contribution < 1.29 is 14.7 Å². The van der Waals surface area contributed by atoms with Gasteiger partial charge in [-0.15, -0.1) is 22.7 Å². The summed E-state index contributed by atoms with van der Waals surface area (Å²) in [7, 11) is 0. The summed E-state index contributed by atoms with van der Waals surface area (Å²) in [5.74, 6) is -0.458. The summed E-state index contributed by atoms with van der Waals surface area (Å²) in [6.45, 7) is 2.50. The molecule has 0 saturated carbocycles. The van der Waals surface area contributed by atoms with Crippen LogP contribution < -0.4 is 5.32 Å². The van der Waals surface area contributed by atoms with Crippen LogP contribution in [0.25, 0.3) is 0 Å². The minimum absolute atomic E-state index is 0.0242. The number of aromatic carboxylic acids is 1. The molecule has 1 amide bonds. The van der Waals surface area contributed by atoms with Crippen LogP contribution in [-0.2, 0) is 19.4 Å². The number of fused-ring (bicyclic) bond motifs is 1. The van der Waals surface area contributed by atoms with Gasteiger partial charge in [0.2, 0.25) is 0 Å². The maximum atomic E-state index is 12.3. The van der Waals surface area contributed by atoms with Crippen LogP contribution in [-0.4, -0.2) is 22.0 Å². The summed E-state index contributed by atoms with van der Waals surface area (Å²) in [4.78, 5) is 28.4. The van der Waals surface area contributed by atoms with Gasteiger partial charge in [-0.05, 0) is 30.7 Å². The van der Waals surface area contributed by atoms with E-state index in [2.05, 4.69) is 17.2 Å². The SMILES string of the molecule is CC1CCc2c(C(=O)NCc3nc(C(=O)O)cs3)csc2C1. The van der Waals surface area contributed by atoms with Crippen molar-refractivity contribution in [3.8, 4) is 0 Å². The molecular formula is C15H16N2O3S2. The van der Waals surface area contributed by atoms with E-state index in [1.54, 1.807) is 11.3 Å². The zero-order valence-electron chi connectivity index (χ0n) is 12.1. The van der Waals surface area contributed by atoms with E-state index in [1.165, 1.54) is 27.2 Å². The molecular weight excluding hydrogens is 320 g/mol. The number of carboxylic acids is 1. The number of hydrogen-bond acceptors (Lipinski definition) is 5. The van der Waals surface area contributed by atoms with Crippen LogP contribution in [0.3, 0.4) is 0 Å². The Kier molecular flexibility index (Phi) is 4.26. The number of aromatic nitrogens is 1. The Labute approximate surface area is 136 Å². The second-order valence-corrected chi connectivity index (χ2v) is 7.42. The molecule has 0 bridgehead atoms. The number of hydrogen-bond donors (Lipinski definition) is 2. The van der Waals surface area contributed by atoms with Gasteiger partial charge in [-0.1, -0.05) is 6.92 Å². The van der Waals surface area contributed by atoms with Gasteiger partial charge in [0.15, 0.2) is 5.69 Å². The maximum Gasteiger partial charge on any atom is 0.355 e. The predicted octanol–water partition coefficient (Wildman–Crippen LogP) is 2.96. The Morgan fingerprint density at radius 1 is 1.41 bits per heavy atom. The van der Waals surface area contributed by atoms with Crippen molar-refractivity contribution in [2.75, 3.05) is 0 Å². The Balaban J connectivity index is 1.66. The molecule has 1 atom stereocenters. The molecule has 1 unspecified atom stereocenters. The van der Waals surface area contributed by atoms with E-state index in [4.69, 9.17) is 5.11 Å². The third-order valence-electron chi connectivity index (χ3n) is 3.82. The molecule has 2 heterocycles. The number of rotatable bonds is 4. The molecule has 1 aliphatic rings. The molecule has 1 aliphatic carbocycles. The van der Waals surface area contributed by atoms with Crippen LogP contribution in [0, 0.1) is 5.92 Å². The molecule has 0 radical (unpaired) electrons. The predicted molar refractivity (Wildman–Crippen MR) is 85.8 cm³/mol. The fourth-order valence-corrected chi connectivity index (χ4v) is 4.56. The molecule has 2 aromatic rings. The highest BCUT2D eigenvalue weighted by Crippen LogP contribution is 2.32. The van der Waals surface area contributed by atoms with Gasteiger partial charge in [-0.3, -0.25) is 4.79 Å². The number of thiazole rings is 1. The van der Waals surface area contributed by atoms with E-state index in [0.29, 0.717) is 10.9 Å². The third-order valence-corrected chi connectivity index (χ3v) is 5.72. The Morgan fingerprint density at radius 2 is 2.23 bits per heavy atom. The molecule has 0 spiro atoms. The van der Waals surface area contributed by atoms with Gasteiger partial charge < -0.3 is 10.4 Å². The summed E-state index contributed by atoms with van der Waals surface area (Å²) in [5.41, 5.74) is 1.98. The van der Waals surface area contributed by atoms with Crippen LogP contribution in [0.15, 0.2) is 10.8 Å². The van der Waals surface area contributed by atoms with Crippen LogP contribution >= 0.6 is 22.7 Å². The Bertz CT molecular complexity index is 720. The number of carboxylic acid groups (broad SMARTS) is 1. The highest BCUT2D eigenvalue weighted by Gasteiger charge is 2.23. The van der Waals surface area contributed by atoms with Crippen molar-refractivity contribution in [3.05, 3.63) is 37.5 Å². The van der Waals surface area contributed by atoms with E-state index >= 15 is 0 Å². The highest BCUT2D eigenvalue weighted by molar-refractivity contribution is 7.10. The third kappa shape index (κ3) is 3.05. The summed E-state index contributed by atoms with van der Waals surface area (Å²) >= 11 is 2.90. The lowest BCUT2D eigenvalue weighted by atomic mass is 9.88. The first-order valence-electron chi connectivity index (χ1n) is 7.09. The number of thiophene rings is 1. The maximum absolute atomic E-state index is 12.3. The van der Waals surface area contributed by atoms with E-state index in [9.17, 15) is 9.59 Å². The van der Waals surface area contributed by atoms with Crippen molar-refractivity contribution in [2.45, 2.75) is 32.7 Å². The summed E-state index contributed by atoms with van der Waals surface area (Å²) in [5, 5.41) is 15.7. The van der Waals surface area contributed by atoms with E-state index in [1.807, 2.05) is 5.38 Å². The van der Waals surface area contributed by atoms with Gasteiger partial charge in [0, 0.05) is 15.6 Å². The summed E-state index contributed by atoms with van der Waals surface area (Å²) < 4.78 is 0. The standard InChI is InChI=1S/C15H16N2O3S2/c1-8-2-3-9-10(6-21-12(9)4-8)14(18)16-5-13-17-11(7-22-13)15(19)20/h6-8H,2-5H2,1H3,(H,16,18)(H,19,20). The van der Waals surface area contributed by atoms with Crippen molar-refractivity contribution in [1.29, 1.82) is 0 Å². The minimum Gasteiger partial charge on any atom is -0.476 e. The summed E-state index contributed by atoms with van der Waals surface area (Å²) in [6.07, 6.45) is 3.14. The lowest BCUT2D eigenvalue weighted by Gasteiger charge is -2.18. The molecule has 0 aliphatic heterocycles. The van der Waals surface area contributed by atoms with E-state index in [-0.39, 0.29) is 18.1 Å². The monoisotopic (exact) mass is 336 g/mol. The molecule has 0 fully saturated rings. The van der Waals surface area contributed by atoms with Crippen LogP contribution in [0.5, 0.6) is 0 Å². The van der Waals surface area contributed by atoms with Gasteiger partial charge in [0.05, 0.1) is 12.1 Å². The van der Waals surface area contributed by atoms with Crippen molar-refractivity contribution in [2.24, 2.45) is 5.92 Å². The lowest BCUT2D eigenvalue weighted by Crippen LogP contribution is -2.24. The van der Waals surface area contributed by atoms with Crippen molar-refractivity contribution in [3.63, 3.8) is 0 Å². The number of carbonyl (C=O) groups is 2. The fourth-order valence-electron chi connectivity index (χ4n) is 2.61. The van der Waals surface area contributed by atoms with Gasteiger partial charge in [0.1, 0.15) is 5.01 Å². The van der Waals surface area contributed by atoms with Gasteiger partial charge in [-0.25, -0.2) is 9.78 Å². The Morgan fingerprint density at radius 3 is 2.95 bits per heavy atom. The largest absolute Gasteiger partial charge is 0.476 e. The van der Waals surface area contributed by atoms with Crippen molar-refractivity contribution in [1.82, 2.24) is 10.3 Å². The highest BCUT2D eigenvalue weighted by atomic mass is 32.1. The Hall–Kier alpha value is -1.73. The van der Waals surface area contributed by atoms with E-state index in [0.717, 1.165) is 24.8 Å². The molecule has 22 heavy (non-hydrogen) atoms. The average molecular weight is 336 g/mol. The second-order valence-electron chi connectivity index (χ2n) is 5.51. The first-order valence-corrected chi connectivity index (χ1v) is 8.85. The van der Waals surface area contributed by atoms with Gasteiger partial charge >= 0.3 is 5.97 Å². The minimum atomic E-state index is -1.05. The molecule has 0 aromatic carbocycles. The number of nitrogens with zero attached hydrogens (tertiary/aromatic N) is 1. The average Bonchev–Trinajstić information content (AvgIpc) is 3.11. The zero-order valence-corrected chi connectivity index (χ0v) is 13.7. The first-order chi connectivity index (χ1) is 10.5. The molecule has 7 heteroatoms. The smallest absolute Gasteiger partial charge is 0.355 e. The van der Waals surface area contributed by atoms with E-state index < -0.39 is 5.97 Å². The quantitative estimate of drug-likeness (QED) is 0.899. The van der Waals surface area contributed by atoms with Crippen molar-refractivity contribution >= 4 is 34.6 Å². The van der Waals surface area contributed by atoms with Gasteiger partial charge in [0.25, 0.3) is 5.91 Å². The topological polar surface area (TPSA) is 79.3 Å². The van der Waals surface area contributed by atoms with Crippen LogP contribution in [0.1, 0.15) is 49.6 Å². The first kappa shape index (κ1) is 15.2. The zero-order chi connectivity index (χ0) is 15.7.